The van der Waals surface area contributed by atoms with E-state index in [2.05, 4.69) is 38.2 Å². The van der Waals surface area contributed by atoms with Crippen LogP contribution in [0.25, 0.3) is 0 Å². The van der Waals surface area contributed by atoms with Gasteiger partial charge in [-0.3, -0.25) is 9.59 Å². The van der Waals surface area contributed by atoms with E-state index in [4.69, 9.17) is 4.74 Å². The highest BCUT2D eigenvalue weighted by atomic mass is 16.5. The lowest BCUT2D eigenvalue weighted by molar-refractivity contribution is -0.151. The number of aliphatic hydroxyl groups is 2. The molecule has 3 unspecified atom stereocenters. The number of nitrogens with one attached hydrogen (secondary N) is 1. The van der Waals surface area contributed by atoms with Crippen LogP contribution in [0.15, 0.2) is 60.8 Å². The Bertz CT molecular complexity index is 1060. The molecule has 0 fully saturated rings. The van der Waals surface area contributed by atoms with Crippen molar-refractivity contribution in [2.45, 2.75) is 257 Å². The van der Waals surface area contributed by atoms with Gasteiger partial charge in [-0.1, -0.05) is 248 Å². The second kappa shape index (κ2) is 46.6. The predicted molar refractivity (Wildman–Crippen MR) is 255 cm³/mol. The van der Waals surface area contributed by atoms with Crippen LogP contribution in [0.5, 0.6) is 0 Å². The SMILES string of the molecule is CC/C=C/C=C/C=C\C=C/C=C/CCCC(=O)OC(CCCCCCCCCCCCCCCCC)CC(=O)NC(CO)C(O)CCCCCCCCCCCCCC. The topological polar surface area (TPSA) is 95.9 Å². The fourth-order valence-electron chi connectivity index (χ4n) is 7.46. The van der Waals surface area contributed by atoms with E-state index in [1.54, 1.807) is 0 Å². The van der Waals surface area contributed by atoms with Gasteiger partial charge >= 0.3 is 5.97 Å². The normalized spacial score (nSPS) is 13.8. The van der Waals surface area contributed by atoms with Crippen molar-refractivity contribution >= 4 is 11.9 Å². The Morgan fingerprint density at radius 1 is 0.508 bits per heavy atom. The van der Waals surface area contributed by atoms with Crippen LogP contribution in [-0.2, 0) is 14.3 Å². The number of carbonyl (C=O) groups is 2. The Morgan fingerprint density at radius 2 is 0.898 bits per heavy atom. The minimum absolute atomic E-state index is 0.0501. The smallest absolute Gasteiger partial charge is 0.306 e. The highest BCUT2D eigenvalue weighted by Gasteiger charge is 2.24. The number of unbranched alkanes of at least 4 members (excludes halogenated alkanes) is 26. The number of allylic oxidation sites excluding steroid dienone is 10. The van der Waals surface area contributed by atoms with Crippen molar-refractivity contribution in [1.29, 1.82) is 0 Å². The number of hydrogen-bond acceptors (Lipinski definition) is 5. The molecule has 6 heteroatoms. The maximum atomic E-state index is 13.2. The minimum atomic E-state index is -0.799. The molecule has 3 N–H and O–H groups in total. The van der Waals surface area contributed by atoms with Crippen LogP contribution in [0.4, 0.5) is 0 Å². The highest BCUT2D eigenvalue weighted by molar-refractivity contribution is 5.77. The van der Waals surface area contributed by atoms with Crippen molar-refractivity contribution in [3.8, 4) is 0 Å². The second-order valence-corrected chi connectivity index (χ2v) is 17.0. The van der Waals surface area contributed by atoms with Gasteiger partial charge in [0.1, 0.15) is 6.10 Å². The number of aliphatic hydroxyl groups excluding tert-OH is 2. The van der Waals surface area contributed by atoms with E-state index in [0.29, 0.717) is 25.7 Å². The molecular formula is C53H95NO5. The minimum Gasteiger partial charge on any atom is -0.462 e. The molecular weight excluding hydrogens is 731 g/mol. The summed E-state index contributed by atoms with van der Waals surface area (Å²) in [5, 5.41) is 23.7. The summed E-state index contributed by atoms with van der Waals surface area (Å²) in [6.45, 7) is 6.32. The number of rotatable bonds is 44. The van der Waals surface area contributed by atoms with E-state index in [9.17, 15) is 19.8 Å². The van der Waals surface area contributed by atoms with E-state index >= 15 is 0 Å². The summed E-state index contributed by atoms with van der Waals surface area (Å²) < 4.78 is 5.89. The molecule has 0 aliphatic rings. The van der Waals surface area contributed by atoms with Gasteiger partial charge in [0.15, 0.2) is 0 Å². The highest BCUT2D eigenvalue weighted by Crippen LogP contribution is 2.18. The number of carbonyl (C=O) groups excluding carboxylic acids is 2. The van der Waals surface area contributed by atoms with Gasteiger partial charge in [-0.25, -0.2) is 0 Å². The average molecular weight is 826 g/mol. The molecule has 0 spiro atoms. The van der Waals surface area contributed by atoms with E-state index < -0.39 is 18.2 Å². The molecule has 0 saturated carbocycles. The van der Waals surface area contributed by atoms with E-state index in [1.165, 1.54) is 135 Å². The summed E-state index contributed by atoms with van der Waals surface area (Å²) in [6.07, 6.45) is 57.1. The first-order chi connectivity index (χ1) is 29.0. The molecule has 6 nitrogen and oxygen atoms in total. The number of ether oxygens (including phenoxy) is 1. The second-order valence-electron chi connectivity index (χ2n) is 17.0. The maximum Gasteiger partial charge on any atom is 0.306 e. The molecule has 0 aliphatic heterocycles. The average Bonchev–Trinajstić information content (AvgIpc) is 3.23. The molecule has 0 rings (SSSR count). The Balaban J connectivity index is 4.68. The number of amides is 1. The van der Waals surface area contributed by atoms with Crippen LogP contribution in [0.2, 0.25) is 0 Å². The first kappa shape index (κ1) is 56.6. The summed E-state index contributed by atoms with van der Waals surface area (Å²) in [6, 6.07) is -0.715. The van der Waals surface area contributed by atoms with Crippen LogP contribution >= 0.6 is 0 Å². The largest absolute Gasteiger partial charge is 0.462 e. The van der Waals surface area contributed by atoms with Crippen molar-refractivity contribution in [3.63, 3.8) is 0 Å². The number of hydrogen-bond donors (Lipinski definition) is 3. The van der Waals surface area contributed by atoms with Crippen LogP contribution in [-0.4, -0.2) is 46.9 Å². The lowest BCUT2D eigenvalue weighted by Gasteiger charge is -2.24. The molecule has 0 aromatic heterocycles. The lowest BCUT2D eigenvalue weighted by Crippen LogP contribution is -2.46. The van der Waals surface area contributed by atoms with Crippen LogP contribution < -0.4 is 5.32 Å². The molecule has 0 radical (unpaired) electrons. The zero-order chi connectivity index (χ0) is 43.1. The van der Waals surface area contributed by atoms with Crippen LogP contribution in [0, 0.1) is 0 Å². The first-order valence-electron chi connectivity index (χ1n) is 25.1. The van der Waals surface area contributed by atoms with E-state index in [-0.39, 0.29) is 24.9 Å². The summed E-state index contributed by atoms with van der Waals surface area (Å²) >= 11 is 0. The van der Waals surface area contributed by atoms with Gasteiger partial charge < -0.3 is 20.3 Å². The molecule has 59 heavy (non-hydrogen) atoms. The summed E-state index contributed by atoms with van der Waals surface area (Å²) in [4.78, 5) is 26.1. The van der Waals surface area contributed by atoms with Crippen LogP contribution in [0.1, 0.15) is 239 Å². The van der Waals surface area contributed by atoms with Crippen molar-refractivity contribution in [1.82, 2.24) is 5.32 Å². The molecule has 3 atom stereocenters. The molecule has 0 heterocycles. The molecule has 1 amide bonds. The van der Waals surface area contributed by atoms with Crippen molar-refractivity contribution in [3.05, 3.63) is 60.8 Å². The molecule has 342 valence electrons. The van der Waals surface area contributed by atoms with Gasteiger partial charge in [0.25, 0.3) is 0 Å². The summed E-state index contributed by atoms with van der Waals surface area (Å²) in [5.41, 5.74) is 0. The third-order valence-corrected chi connectivity index (χ3v) is 11.2. The first-order valence-corrected chi connectivity index (χ1v) is 25.1. The van der Waals surface area contributed by atoms with Gasteiger partial charge in [0, 0.05) is 6.42 Å². The summed E-state index contributed by atoms with van der Waals surface area (Å²) in [7, 11) is 0. The molecule has 0 bridgehead atoms. The van der Waals surface area contributed by atoms with Crippen molar-refractivity contribution in [2.75, 3.05) is 6.61 Å². The van der Waals surface area contributed by atoms with Crippen molar-refractivity contribution < 1.29 is 24.5 Å². The van der Waals surface area contributed by atoms with Gasteiger partial charge in [0.05, 0.1) is 25.2 Å². The zero-order valence-electron chi connectivity index (χ0n) is 38.9. The Hall–Kier alpha value is -2.44. The quantitative estimate of drug-likeness (QED) is 0.0323. The Labute approximate surface area is 365 Å². The van der Waals surface area contributed by atoms with Gasteiger partial charge in [0.2, 0.25) is 5.91 Å². The van der Waals surface area contributed by atoms with Gasteiger partial charge in [-0.15, -0.1) is 0 Å². The van der Waals surface area contributed by atoms with E-state index in [0.717, 1.165) is 51.4 Å². The zero-order valence-corrected chi connectivity index (χ0v) is 38.9. The third-order valence-electron chi connectivity index (χ3n) is 11.2. The fraction of sp³-hybridized carbons (Fsp3) is 0.774. The Morgan fingerprint density at radius 3 is 1.32 bits per heavy atom. The third kappa shape index (κ3) is 42.1. The lowest BCUT2D eigenvalue weighted by atomic mass is 10.0. The fourth-order valence-corrected chi connectivity index (χ4v) is 7.46. The van der Waals surface area contributed by atoms with Crippen molar-refractivity contribution in [2.24, 2.45) is 0 Å². The van der Waals surface area contributed by atoms with Crippen LogP contribution in [0.3, 0.4) is 0 Å². The number of esters is 1. The molecule has 0 aromatic carbocycles. The van der Waals surface area contributed by atoms with E-state index in [1.807, 2.05) is 48.6 Å². The Kier molecular flexibility index (Phi) is 44.7. The standard InChI is InChI=1S/C53H95NO5/c1-4-7-10-13-16-19-22-25-26-28-29-32-35-38-41-44-49(59-53(58)46-43-40-37-34-31-27-23-20-17-14-11-8-5-2)47-52(57)54-50(48-55)51(56)45-42-39-36-33-30-24-21-18-15-12-9-6-3/h8,11,14,17,20,23,27,31,34,37,49-51,55-56H,4-7,9-10,12-13,15-16,18-19,21-22,24-26,28-30,32-33,35-36,38-48H2,1-3H3,(H,54,57)/b11-8+,17-14+,23-20-,31-27-,37-34+. The molecule has 0 aromatic rings. The monoisotopic (exact) mass is 826 g/mol. The maximum absolute atomic E-state index is 13.2. The van der Waals surface area contributed by atoms with Gasteiger partial charge in [-0.2, -0.15) is 0 Å². The molecule has 0 aliphatic carbocycles. The van der Waals surface area contributed by atoms with Gasteiger partial charge in [-0.05, 0) is 38.5 Å². The predicted octanol–water partition coefficient (Wildman–Crippen LogP) is 14.8. The molecule has 0 saturated heterocycles. The summed E-state index contributed by atoms with van der Waals surface area (Å²) in [5.74, 6) is -0.557.